The maximum Gasteiger partial charge on any atom is 0.311 e. The van der Waals surface area contributed by atoms with Crippen molar-refractivity contribution in [3.05, 3.63) is 0 Å². The van der Waals surface area contributed by atoms with Gasteiger partial charge in [0, 0.05) is 38.1 Å². The Hall–Kier alpha value is -0.753. The minimum Gasteiger partial charge on any atom is -0.469 e. The lowest BCUT2D eigenvalue weighted by atomic mass is 9.78. The smallest absolute Gasteiger partial charge is 0.311 e. The van der Waals surface area contributed by atoms with Crippen LogP contribution >= 0.6 is 0 Å². The Kier molecular flexibility index (Phi) is 19.0. The van der Waals surface area contributed by atoms with Crippen LogP contribution < -0.4 is 5.32 Å². The molecule has 0 amide bonds. The van der Waals surface area contributed by atoms with Gasteiger partial charge in [-0.3, -0.25) is 4.79 Å². The monoisotopic (exact) mass is 793 g/mol. The lowest BCUT2D eigenvalue weighted by Gasteiger charge is -2.48. The number of unbranched alkanes of at least 4 members (excludes halogenated alkanes) is 2. The molecule has 2 heterocycles. The first kappa shape index (κ1) is 49.4. The van der Waals surface area contributed by atoms with Crippen molar-refractivity contribution in [1.29, 1.82) is 0 Å². The quantitative estimate of drug-likeness (QED) is 0.0712. The standard InChI is InChI=1S/C40H80N2O11Si/c1-25(41-20-18-17-19-21-49-54(15,16)38(6,7)8)23-39(9,46)35(53-37-32(43)30(42(11)12)22-26(2)50-37)27(3)33(28(4)36(45)47-13)52-31-24-40(10,48-14)34(44)29(5)51-31/h25-35,37,41,43-44,46H,17-24H2,1-16H3/t25-,26-,27+,28-,29+,30+,31+,32-,33+,34+,35-,37+,39+,40-/m1/s1. The number of ether oxygens (including phenoxy) is 6. The van der Waals surface area contributed by atoms with Crippen molar-refractivity contribution < 1.29 is 53.0 Å². The number of carbonyl (C=O) groups is 1. The average Bonchev–Trinajstić information content (AvgIpc) is 3.07. The molecule has 14 atom stereocenters. The van der Waals surface area contributed by atoms with Gasteiger partial charge in [0.2, 0.25) is 0 Å². The average molecular weight is 793 g/mol. The Morgan fingerprint density at radius 1 is 1.02 bits per heavy atom. The van der Waals surface area contributed by atoms with Crippen LogP contribution in [0.5, 0.6) is 0 Å². The minimum atomic E-state index is -1.76. The molecule has 0 unspecified atom stereocenters. The van der Waals surface area contributed by atoms with Crippen molar-refractivity contribution in [3.63, 3.8) is 0 Å². The fraction of sp³-hybridized carbons (Fsp3) is 0.975. The molecule has 0 bridgehead atoms. The van der Waals surface area contributed by atoms with Gasteiger partial charge in [-0.15, -0.1) is 0 Å². The highest BCUT2D eigenvalue weighted by molar-refractivity contribution is 6.74. The fourth-order valence-corrected chi connectivity index (χ4v) is 8.79. The predicted molar refractivity (Wildman–Crippen MR) is 213 cm³/mol. The van der Waals surface area contributed by atoms with Crippen molar-refractivity contribution in [1.82, 2.24) is 10.2 Å². The van der Waals surface area contributed by atoms with E-state index in [0.29, 0.717) is 12.8 Å². The summed E-state index contributed by atoms with van der Waals surface area (Å²) in [5.41, 5.74) is -2.43. The van der Waals surface area contributed by atoms with E-state index in [2.05, 4.69) is 39.2 Å². The summed E-state index contributed by atoms with van der Waals surface area (Å²) in [6, 6.07) is -0.333. The molecule has 0 radical (unpaired) electrons. The van der Waals surface area contributed by atoms with Gasteiger partial charge in [-0.25, -0.2) is 0 Å². The summed E-state index contributed by atoms with van der Waals surface area (Å²) in [6.45, 7) is 25.7. The maximum absolute atomic E-state index is 13.2. The SMILES string of the molecule is COC(=O)[C@H](C)[C@@H](O[C@H]1C[C@@](C)(OC)[C@@H](O)[C@H](C)O1)[C@H](C)[C@@H](O[C@@H]1O[C@H](C)C[C@H](N(C)C)[C@H]1O)[C@@](C)(O)C[C@@H](C)NCCCCCO[Si](C)(C)C(C)(C)C. The number of esters is 1. The van der Waals surface area contributed by atoms with Gasteiger partial charge in [-0.1, -0.05) is 27.7 Å². The van der Waals surface area contributed by atoms with Gasteiger partial charge in [0.1, 0.15) is 12.2 Å². The van der Waals surface area contributed by atoms with E-state index in [0.717, 1.165) is 32.4 Å². The molecule has 2 aliphatic rings. The second-order valence-corrected chi connectivity index (χ2v) is 23.2. The Morgan fingerprint density at radius 2 is 1.65 bits per heavy atom. The van der Waals surface area contributed by atoms with E-state index in [4.69, 9.17) is 32.8 Å². The molecule has 13 nitrogen and oxygen atoms in total. The third-order valence-electron chi connectivity index (χ3n) is 12.3. The molecule has 0 aromatic heterocycles. The zero-order chi connectivity index (χ0) is 41.4. The largest absolute Gasteiger partial charge is 0.469 e. The molecule has 0 aliphatic carbocycles. The Bertz CT molecular complexity index is 1120. The molecule has 320 valence electrons. The summed E-state index contributed by atoms with van der Waals surface area (Å²) in [4.78, 5) is 15.1. The first-order valence-corrected chi connectivity index (χ1v) is 23.1. The summed E-state index contributed by atoms with van der Waals surface area (Å²) in [5.74, 6) is -1.94. The molecule has 2 saturated heterocycles. The third-order valence-corrected chi connectivity index (χ3v) is 16.9. The van der Waals surface area contributed by atoms with Crippen LogP contribution in [0.25, 0.3) is 0 Å². The summed E-state index contributed by atoms with van der Waals surface area (Å²) in [7, 11) is 4.92. The summed E-state index contributed by atoms with van der Waals surface area (Å²) < 4.78 is 42.9. The number of hydrogen-bond acceptors (Lipinski definition) is 13. The number of nitrogens with zero attached hydrogens (tertiary/aromatic N) is 1. The third kappa shape index (κ3) is 13.4. The molecule has 0 spiro atoms. The number of hydrogen-bond donors (Lipinski definition) is 4. The highest BCUT2D eigenvalue weighted by Crippen LogP contribution is 2.39. The molecular formula is C40H80N2O11Si. The first-order valence-electron chi connectivity index (χ1n) is 20.2. The lowest BCUT2D eigenvalue weighted by Crippen LogP contribution is -2.60. The van der Waals surface area contributed by atoms with Crippen LogP contribution in [0.2, 0.25) is 18.1 Å². The summed E-state index contributed by atoms with van der Waals surface area (Å²) in [5, 5.41) is 38.6. The normalized spacial score (nSPS) is 32.4. The van der Waals surface area contributed by atoms with Crippen LogP contribution in [0.1, 0.15) is 108 Å². The van der Waals surface area contributed by atoms with E-state index in [1.54, 1.807) is 27.7 Å². The first-order chi connectivity index (χ1) is 24.8. The van der Waals surface area contributed by atoms with Gasteiger partial charge in [-0.2, -0.15) is 0 Å². The van der Waals surface area contributed by atoms with Crippen molar-refractivity contribution in [3.8, 4) is 0 Å². The molecule has 2 aliphatic heterocycles. The number of methoxy groups -OCH3 is 2. The topological polar surface area (TPSA) is 158 Å². The molecule has 0 saturated carbocycles. The van der Waals surface area contributed by atoms with Crippen LogP contribution in [0.15, 0.2) is 0 Å². The van der Waals surface area contributed by atoms with Crippen molar-refractivity contribution in [2.45, 2.75) is 198 Å². The number of aliphatic hydroxyl groups is 3. The lowest BCUT2D eigenvalue weighted by molar-refractivity contribution is -0.317. The Morgan fingerprint density at radius 3 is 2.20 bits per heavy atom. The molecule has 4 N–H and O–H groups in total. The number of aliphatic hydroxyl groups excluding tert-OH is 2. The molecule has 0 aromatic rings. The van der Waals surface area contributed by atoms with Gasteiger partial charge < -0.3 is 58.4 Å². The van der Waals surface area contributed by atoms with E-state index in [1.165, 1.54) is 14.2 Å². The van der Waals surface area contributed by atoms with Gasteiger partial charge in [-0.05, 0) is 112 Å². The van der Waals surface area contributed by atoms with Crippen LogP contribution in [0.3, 0.4) is 0 Å². The van der Waals surface area contributed by atoms with Gasteiger partial charge in [0.25, 0.3) is 0 Å². The highest BCUT2D eigenvalue weighted by atomic mass is 28.4. The summed E-state index contributed by atoms with van der Waals surface area (Å²) >= 11 is 0. The van der Waals surface area contributed by atoms with Crippen LogP contribution in [-0.2, 0) is 37.6 Å². The number of nitrogens with one attached hydrogen (secondary N) is 1. The van der Waals surface area contributed by atoms with Gasteiger partial charge in [0.05, 0.1) is 48.6 Å². The molecule has 54 heavy (non-hydrogen) atoms. The molecular weight excluding hydrogens is 713 g/mol. The number of carbonyl (C=O) groups excluding carboxylic acids is 1. The predicted octanol–water partition coefficient (Wildman–Crippen LogP) is 4.84. The Labute approximate surface area is 328 Å². The molecule has 2 fully saturated rings. The van der Waals surface area contributed by atoms with Crippen LogP contribution in [0.4, 0.5) is 0 Å². The van der Waals surface area contributed by atoms with Crippen LogP contribution in [0, 0.1) is 11.8 Å². The maximum atomic E-state index is 13.2. The Balaban J connectivity index is 2.33. The minimum absolute atomic E-state index is 0.101. The van der Waals surface area contributed by atoms with Crippen LogP contribution in [-0.4, -0.2) is 148 Å². The van der Waals surface area contributed by atoms with Gasteiger partial charge in [0.15, 0.2) is 20.9 Å². The highest BCUT2D eigenvalue weighted by Gasteiger charge is 2.51. The second-order valence-electron chi connectivity index (χ2n) is 18.4. The zero-order valence-corrected chi connectivity index (χ0v) is 37.6. The second kappa shape index (κ2) is 20.8. The molecule has 0 aromatic carbocycles. The van der Waals surface area contributed by atoms with E-state index in [1.807, 2.05) is 39.8 Å². The van der Waals surface area contributed by atoms with Crippen molar-refractivity contribution in [2.24, 2.45) is 11.8 Å². The molecule has 2 rings (SSSR count). The number of rotatable bonds is 21. The molecule has 14 heteroatoms. The number of likely N-dealkylation sites (N-methyl/N-ethyl adjacent to an activating group) is 1. The van der Waals surface area contributed by atoms with E-state index in [-0.39, 0.29) is 29.6 Å². The fourth-order valence-electron chi connectivity index (χ4n) is 7.70. The van der Waals surface area contributed by atoms with Crippen molar-refractivity contribution >= 4 is 14.3 Å². The summed E-state index contributed by atoms with van der Waals surface area (Å²) in [6.07, 6.45) is -2.35. The van der Waals surface area contributed by atoms with E-state index < -0.39 is 80.4 Å². The van der Waals surface area contributed by atoms with Crippen molar-refractivity contribution in [2.75, 3.05) is 41.5 Å². The van der Waals surface area contributed by atoms with Gasteiger partial charge >= 0.3 is 5.97 Å². The zero-order valence-electron chi connectivity index (χ0n) is 36.6. The van der Waals surface area contributed by atoms with E-state index in [9.17, 15) is 20.1 Å². The van der Waals surface area contributed by atoms with E-state index >= 15 is 0 Å².